The Bertz CT molecular complexity index is 517. The molecule has 0 heterocycles. The highest BCUT2D eigenvalue weighted by Gasteiger charge is 2.06. The zero-order valence-electron chi connectivity index (χ0n) is 18.6. The van der Waals surface area contributed by atoms with Crippen LogP contribution in [0, 0.1) is 0 Å². The van der Waals surface area contributed by atoms with Crippen molar-refractivity contribution in [3.05, 3.63) is 29.8 Å². The van der Waals surface area contributed by atoms with Gasteiger partial charge in [-0.2, -0.15) is 0 Å². The average Bonchev–Trinajstić information content (AvgIpc) is 2.75. The fraction of sp³-hybridized carbons (Fsp3) is 0.708. The highest BCUT2D eigenvalue weighted by Crippen LogP contribution is 2.11. The van der Waals surface area contributed by atoms with Gasteiger partial charge in [0.25, 0.3) is 0 Å². The van der Waals surface area contributed by atoms with Crippen LogP contribution in [0.3, 0.4) is 0 Å². The molecule has 0 fully saturated rings. The summed E-state index contributed by atoms with van der Waals surface area (Å²) in [6.45, 7) is 5.69. The Morgan fingerprint density at radius 1 is 0.667 bits per heavy atom. The summed E-state index contributed by atoms with van der Waals surface area (Å²) in [6.07, 6.45) is 11.9. The number of rotatable bonds is 20. The molecule has 0 saturated heterocycles. The molecule has 0 radical (unpaired) electrons. The van der Waals surface area contributed by atoms with Gasteiger partial charge in [-0.3, -0.25) is 0 Å². The third-order valence-corrected chi connectivity index (χ3v) is 4.70. The van der Waals surface area contributed by atoms with E-state index in [1.54, 1.807) is 0 Å². The molecule has 0 aliphatic heterocycles. The molecule has 0 aliphatic carbocycles. The predicted molar refractivity (Wildman–Crippen MR) is 118 cm³/mol. The Morgan fingerprint density at radius 2 is 1.13 bits per heavy atom. The van der Waals surface area contributed by atoms with E-state index in [0.29, 0.717) is 38.6 Å². The van der Waals surface area contributed by atoms with Crippen LogP contribution in [0.25, 0.3) is 0 Å². The molecule has 6 nitrogen and oxygen atoms in total. The minimum absolute atomic E-state index is 0.115. The molecule has 30 heavy (non-hydrogen) atoms. The summed E-state index contributed by atoms with van der Waals surface area (Å²) in [6, 6.07) is 5.93. The zero-order valence-corrected chi connectivity index (χ0v) is 18.6. The fourth-order valence-electron chi connectivity index (χ4n) is 2.93. The number of benzene rings is 1. The molecule has 0 atom stereocenters. The molecule has 1 aromatic carbocycles. The Kier molecular flexibility index (Phi) is 17.0. The van der Waals surface area contributed by atoms with Gasteiger partial charge in [-0.25, -0.2) is 4.79 Å². The maximum atomic E-state index is 11.7. The van der Waals surface area contributed by atoms with Crippen LogP contribution in [0.15, 0.2) is 24.3 Å². The smallest absolute Gasteiger partial charge is 0.338 e. The Hall–Kier alpha value is -1.63. The Labute approximate surface area is 181 Å². The number of hydrogen-bond acceptors (Lipinski definition) is 6. The van der Waals surface area contributed by atoms with E-state index in [-0.39, 0.29) is 12.4 Å². The van der Waals surface area contributed by atoms with Gasteiger partial charge in [-0.15, -0.1) is 0 Å². The lowest BCUT2D eigenvalue weighted by atomic mass is 10.1. The largest absolute Gasteiger partial charge is 0.508 e. The van der Waals surface area contributed by atoms with E-state index >= 15 is 0 Å². The maximum Gasteiger partial charge on any atom is 0.338 e. The zero-order chi connectivity index (χ0) is 21.7. The lowest BCUT2D eigenvalue weighted by Crippen LogP contribution is -2.14. The third-order valence-electron chi connectivity index (χ3n) is 4.70. The van der Waals surface area contributed by atoms with Gasteiger partial charge in [-0.05, 0) is 30.7 Å². The van der Waals surface area contributed by atoms with Crippen molar-refractivity contribution < 1.29 is 28.8 Å². The molecule has 172 valence electrons. The first-order chi connectivity index (χ1) is 14.7. The number of phenols is 1. The molecule has 0 spiro atoms. The van der Waals surface area contributed by atoms with Crippen molar-refractivity contribution in [2.24, 2.45) is 0 Å². The Morgan fingerprint density at radius 3 is 1.70 bits per heavy atom. The second-order valence-corrected chi connectivity index (χ2v) is 7.35. The number of phenolic OH excluding ortho intramolecular Hbond substituents is 1. The van der Waals surface area contributed by atoms with Crippen molar-refractivity contribution >= 4 is 5.97 Å². The molecular formula is C24H40O6. The summed E-state index contributed by atoms with van der Waals surface area (Å²) < 4.78 is 21.5. The number of carbonyl (C=O) groups is 1. The second kappa shape index (κ2) is 19.3. The number of esters is 1. The standard InChI is InChI=1S/C24H40O6/c1-2-3-4-5-6-7-8-9-10-15-27-16-17-28-18-19-29-20-21-30-24(26)22-11-13-23(25)14-12-22/h11-14,25H,2-10,15-21H2,1H3. The first kappa shape index (κ1) is 26.4. The number of hydrogen-bond donors (Lipinski definition) is 1. The van der Waals surface area contributed by atoms with Gasteiger partial charge in [0.05, 0.1) is 38.6 Å². The summed E-state index contributed by atoms with van der Waals surface area (Å²) in [7, 11) is 0. The molecule has 1 rings (SSSR count). The Balaban J connectivity index is 1.75. The van der Waals surface area contributed by atoms with Crippen molar-refractivity contribution in [1.29, 1.82) is 0 Å². The van der Waals surface area contributed by atoms with Crippen molar-refractivity contribution in [2.45, 2.75) is 64.7 Å². The average molecular weight is 425 g/mol. The highest BCUT2D eigenvalue weighted by molar-refractivity contribution is 5.89. The molecule has 1 N–H and O–H groups in total. The molecule has 0 amide bonds. The van der Waals surface area contributed by atoms with Gasteiger partial charge in [0.1, 0.15) is 12.4 Å². The maximum absolute atomic E-state index is 11.7. The van der Waals surface area contributed by atoms with E-state index in [1.165, 1.54) is 75.6 Å². The quantitative estimate of drug-likeness (QED) is 0.231. The van der Waals surface area contributed by atoms with Gasteiger partial charge in [0, 0.05) is 6.61 Å². The van der Waals surface area contributed by atoms with E-state index in [9.17, 15) is 9.90 Å². The first-order valence-electron chi connectivity index (χ1n) is 11.4. The normalized spacial score (nSPS) is 11.0. The lowest BCUT2D eigenvalue weighted by molar-refractivity contribution is 0.000184. The summed E-state index contributed by atoms with van der Waals surface area (Å²) >= 11 is 0. The first-order valence-corrected chi connectivity index (χ1v) is 11.4. The van der Waals surface area contributed by atoms with Crippen molar-refractivity contribution in [3.63, 3.8) is 0 Å². The lowest BCUT2D eigenvalue weighted by Gasteiger charge is -2.08. The molecule has 0 aliphatic rings. The van der Waals surface area contributed by atoms with E-state index in [4.69, 9.17) is 18.9 Å². The minimum Gasteiger partial charge on any atom is -0.508 e. The third kappa shape index (κ3) is 15.2. The van der Waals surface area contributed by atoms with Gasteiger partial charge in [0.15, 0.2) is 0 Å². The van der Waals surface area contributed by atoms with Gasteiger partial charge in [0.2, 0.25) is 0 Å². The van der Waals surface area contributed by atoms with Crippen LogP contribution in [0.5, 0.6) is 5.75 Å². The molecule has 6 heteroatoms. The van der Waals surface area contributed by atoms with Crippen LogP contribution in [-0.2, 0) is 18.9 Å². The summed E-state index contributed by atoms with van der Waals surface area (Å²) in [5, 5.41) is 9.19. The van der Waals surface area contributed by atoms with Crippen LogP contribution in [0.1, 0.15) is 75.1 Å². The van der Waals surface area contributed by atoms with Gasteiger partial charge < -0.3 is 24.1 Å². The number of unbranched alkanes of at least 4 members (excludes halogenated alkanes) is 8. The summed E-state index contributed by atoms with van der Waals surface area (Å²) in [4.78, 5) is 11.7. The van der Waals surface area contributed by atoms with E-state index in [1.807, 2.05) is 0 Å². The molecular weight excluding hydrogens is 384 g/mol. The van der Waals surface area contributed by atoms with E-state index in [0.717, 1.165) is 13.0 Å². The molecule has 0 saturated carbocycles. The molecule has 1 aromatic rings. The van der Waals surface area contributed by atoms with Gasteiger partial charge in [-0.1, -0.05) is 58.3 Å². The van der Waals surface area contributed by atoms with Crippen molar-refractivity contribution in [3.8, 4) is 5.75 Å². The summed E-state index contributed by atoms with van der Waals surface area (Å²) in [5.41, 5.74) is 0.401. The highest BCUT2D eigenvalue weighted by atomic mass is 16.6. The topological polar surface area (TPSA) is 74.2 Å². The summed E-state index contributed by atoms with van der Waals surface area (Å²) in [5.74, 6) is -0.317. The number of carbonyl (C=O) groups excluding carboxylic acids is 1. The molecule has 0 unspecified atom stereocenters. The monoisotopic (exact) mass is 424 g/mol. The van der Waals surface area contributed by atoms with E-state index < -0.39 is 5.97 Å². The van der Waals surface area contributed by atoms with Crippen molar-refractivity contribution in [1.82, 2.24) is 0 Å². The minimum atomic E-state index is -0.432. The second-order valence-electron chi connectivity index (χ2n) is 7.35. The SMILES string of the molecule is CCCCCCCCCCCOCCOCCOCCOC(=O)c1ccc(O)cc1. The van der Waals surface area contributed by atoms with Crippen LogP contribution >= 0.6 is 0 Å². The molecule has 0 aromatic heterocycles. The predicted octanol–water partition coefficient (Wildman–Crippen LogP) is 5.13. The molecule has 0 bridgehead atoms. The van der Waals surface area contributed by atoms with Gasteiger partial charge >= 0.3 is 5.97 Å². The van der Waals surface area contributed by atoms with Crippen LogP contribution in [0.4, 0.5) is 0 Å². The van der Waals surface area contributed by atoms with Crippen LogP contribution in [-0.4, -0.2) is 57.3 Å². The number of aromatic hydroxyl groups is 1. The fourth-order valence-corrected chi connectivity index (χ4v) is 2.93. The van der Waals surface area contributed by atoms with Crippen LogP contribution in [0.2, 0.25) is 0 Å². The van der Waals surface area contributed by atoms with E-state index in [2.05, 4.69) is 6.92 Å². The van der Waals surface area contributed by atoms with Crippen LogP contribution < -0.4 is 0 Å². The number of ether oxygens (including phenoxy) is 4. The van der Waals surface area contributed by atoms with Crippen molar-refractivity contribution in [2.75, 3.05) is 46.2 Å².